The number of benzene rings is 3. The normalized spacial score (nSPS) is 11.7. The summed E-state index contributed by atoms with van der Waals surface area (Å²) >= 11 is 0. The van der Waals surface area contributed by atoms with Gasteiger partial charge in [0.1, 0.15) is 11.7 Å². The van der Waals surface area contributed by atoms with E-state index in [9.17, 15) is 14.4 Å². The van der Waals surface area contributed by atoms with Gasteiger partial charge in [0.15, 0.2) is 0 Å². The van der Waals surface area contributed by atoms with Crippen LogP contribution in [0.4, 0.5) is 11.4 Å². The zero-order valence-electron chi connectivity index (χ0n) is 18.4. The predicted molar refractivity (Wildman–Crippen MR) is 130 cm³/mol. The Bertz CT molecular complexity index is 1380. The van der Waals surface area contributed by atoms with Crippen LogP contribution in [0.15, 0.2) is 83.7 Å². The lowest BCUT2D eigenvalue weighted by molar-refractivity contribution is -0.119. The van der Waals surface area contributed by atoms with E-state index in [-0.39, 0.29) is 17.5 Å². The molecule has 4 aromatic rings. The first kappa shape index (κ1) is 22.0. The monoisotopic (exact) mass is 440 g/mol. The number of fused-ring (bicyclic) bond motifs is 1. The molecule has 33 heavy (non-hydrogen) atoms. The van der Waals surface area contributed by atoms with Crippen molar-refractivity contribution in [1.29, 1.82) is 0 Å². The van der Waals surface area contributed by atoms with Crippen molar-refractivity contribution in [3.63, 3.8) is 0 Å². The van der Waals surface area contributed by atoms with Crippen molar-refractivity contribution in [3.05, 3.63) is 89.2 Å². The molecule has 1 atom stereocenters. The molecular weight excluding hydrogens is 416 g/mol. The molecule has 1 heterocycles. The van der Waals surface area contributed by atoms with Crippen LogP contribution < -0.4 is 16.2 Å². The van der Waals surface area contributed by atoms with E-state index in [4.69, 9.17) is 0 Å². The maximum Gasteiger partial charge on any atom is 0.278 e. The van der Waals surface area contributed by atoms with Crippen molar-refractivity contribution in [1.82, 2.24) is 9.55 Å². The summed E-state index contributed by atoms with van der Waals surface area (Å²) in [6.45, 7) is 3.44. The third-order valence-electron chi connectivity index (χ3n) is 5.38. The van der Waals surface area contributed by atoms with Gasteiger partial charge in [0.2, 0.25) is 11.8 Å². The Hall–Kier alpha value is -4.26. The van der Waals surface area contributed by atoms with Gasteiger partial charge < -0.3 is 10.6 Å². The number of rotatable bonds is 6. The number of anilines is 2. The molecule has 0 aliphatic carbocycles. The summed E-state index contributed by atoms with van der Waals surface area (Å²) in [6.07, 6.45) is 0.306. The minimum Gasteiger partial charge on any atom is -0.325 e. The number of amides is 2. The SMILES string of the molecule is CCC(=O)Nc1ccccc1-c1nc2ccccc2n([C@H](C)C(=O)Nc2ccccc2)c1=O. The number of nitrogens with zero attached hydrogens (tertiary/aromatic N) is 2. The first-order chi connectivity index (χ1) is 16.0. The second-order valence-corrected chi connectivity index (χ2v) is 7.60. The molecule has 7 heteroatoms. The highest BCUT2D eigenvalue weighted by Gasteiger charge is 2.23. The van der Waals surface area contributed by atoms with Gasteiger partial charge in [-0.1, -0.05) is 55.5 Å². The zero-order valence-corrected chi connectivity index (χ0v) is 18.4. The van der Waals surface area contributed by atoms with Gasteiger partial charge in [-0.2, -0.15) is 0 Å². The van der Waals surface area contributed by atoms with Crippen LogP contribution in [0.1, 0.15) is 26.3 Å². The molecule has 0 unspecified atom stereocenters. The van der Waals surface area contributed by atoms with Gasteiger partial charge in [0.05, 0.1) is 16.7 Å². The van der Waals surface area contributed by atoms with Crippen LogP contribution in [0, 0.1) is 0 Å². The fraction of sp³-hybridized carbons (Fsp3) is 0.154. The van der Waals surface area contributed by atoms with E-state index in [0.717, 1.165) is 0 Å². The van der Waals surface area contributed by atoms with Gasteiger partial charge in [-0.15, -0.1) is 0 Å². The van der Waals surface area contributed by atoms with Gasteiger partial charge in [-0.3, -0.25) is 19.0 Å². The number of aromatic nitrogens is 2. The van der Waals surface area contributed by atoms with Crippen molar-refractivity contribution in [2.24, 2.45) is 0 Å². The van der Waals surface area contributed by atoms with Crippen LogP contribution in [0.25, 0.3) is 22.3 Å². The lowest BCUT2D eigenvalue weighted by Gasteiger charge is -2.19. The second-order valence-electron chi connectivity index (χ2n) is 7.60. The molecule has 2 amide bonds. The Labute approximate surface area is 191 Å². The molecule has 0 radical (unpaired) electrons. The van der Waals surface area contributed by atoms with E-state index in [1.807, 2.05) is 24.3 Å². The predicted octanol–water partition coefficient (Wildman–Crippen LogP) is 4.61. The van der Waals surface area contributed by atoms with E-state index in [1.54, 1.807) is 68.4 Å². The van der Waals surface area contributed by atoms with E-state index in [1.165, 1.54) is 4.57 Å². The van der Waals surface area contributed by atoms with Crippen LogP contribution in [-0.2, 0) is 9.59 Å². The minimum atomic E-state index is -0.804. The number of carbonyl (C=O) groups is 2. The van der Waals surface area contributed by atoms with Crippen LogP contribution in [0.5, 0.6) is 0 Å². The lowest BCUT2D eigenvalue weighted by Crippen LogP contribution is -2.33. The number of para-hydroxylation sites is 4. The quantitative estimate of drug-likeness (QED) is 0.458. The van der Waals surface area contributed by atoms with Gasteiger partial charge in [-0.25, -0.2) is 4.98 Å². The highest BCUT2D eigenvalue weighted by molar-refractivity contribution is 5.96. The summed E-state index contributed by atoms with van der Waals surface area (Å²) in [5.41, 5.74) is 2.52. The summed E-state index contributed by atoms with van der Waals surface area (Å²) in [6, 6.07) is 22.5. The van der Waals surface area contributed by atoms with Gasteiger partial charge in [0.25, 0.3) is 5.56 Å². The maximum absolute atomic E-state index is 13.7. The van der Waals surface area contributed by atoms with Crippen molar-refractivity contribution >= 4 is 34.2 Å². The third-order valence-corrected chi connectivity index (χ3v) is 5.38. The average molecular weight is 441 g/mol. The Morgan fingerprint density at radius 2 is 1.58 bits per heavy atom. The molecule has 0 bridgehead atoms. The fourth-order valence-electron chi connectivity index (χ4n) is 3.64. The zero-order chi connectivity index (χ0) is 23.4. The van der Waals surface area contributed by atoms with Gasteiger partial charge >= 0.3 is 0 Å². The fourth-order valence-corrected chi connectivity index (χ4v) is 3.64. The Morgan fingerprint density at radius 1 is 0.909 bits per heavy atom. The van der Waals surface area contributed by atoms with Gasteiger partial charge in [-0.05, 0) is 37.3 Å². The molecule has 0 aliphatic heterocycles. The average Bonchev–Trinajstić information content (AvgIpc) is 2.84. The Morgan fingerprint density at radius 3 is 2.33 bits per heavy atom. The topological polar surface area (TPSA) is 93.1 Å². The van der Waals surface area contributed by atoms with Crippen LogP contribution >= 0.6 is 0 Å². The summed E-state index contributed by atoms with van der Waals surface area (Å²) < 4.78 is 1.45. The van der Waals surface area contributed by atoms with E-state index in [2.05, 4.69) is 15.6 Å². The molecule has 7 nitrogen and oxygen atoms in total. The third kappa shape index (κ3) is 4.52. The number of hydrogen-bond acceptors (Lipinski definition) is 4. The molecule has 0 fully saturated rings. The van der Waals surface area contributed by atoms with Crippen LogP contribution in [0.3, 0.4) is 0 Å². The number of carbonyl (C=O) groups excluding carboxylic acids is 2. The molecule has 166 valence electrons. The first-order valence-electron chi connectivity index (χ1n) is 10.8. The molecule has 3 aromatic carbocycles. The molecule has 0 aliphatic rings. The smallest absolute Gasteiger partial charge is 0.278 e. The van der Waals surface area contributed by atoms with Crippen LogP contribution in [-0.4, -0.2) is 21.4 Å². The van der Waals surface area contributed by atoms with Gasteiger partial charge in [0, 0.05) is 17.7 Å². The standard InChI is InChI=1S/C26H24N4O3/c1-3-23(31)28-20-14-8-7-13-19(20)24-26(33)30(22-16-10-9-15-21(22)29-24)17(2)25(32)27-18-11-5-4-6-12-18/h4-17H,3H2,1-2H3,(H,27,32)(H,28,31)/t17-/m1/s1. The highest BCUT2D eigenvalue weighted by Crippen LogP contribution is 2.27. The molecule has 2 N–H and O–H groups in total. The first-order valence-corrected chi connectivity index (χ1v) is 10.8. The molecular formula is C26H24N4O3. The summed E-state index contributed by atoms with van der Waals surface area (Å²) in [4.78, 5) is 43.4. The van der Waals surface area contributed by atoms with E-state index < -0.39 is 11.6 Å². The van der Waals surface area contributed by atoms with Crippen molar-refractivity contribution in [3.8, 4) is 11.3 Å². The van der Waals surface area contributed by atoms with E-state index in [0.29, 0.717) is 34.4 Å². The van der Waals surface area contributed by atoms with Crippen LogP contribution in [0.2, 0.25) is 0 Å². The molecule has 0 spiro atoms. The molecule has 1 aromatic heterocycles. The second kappa shape index (κ2) is 9.48. The minimum absolute atomic E-state index is 0.167. The lowest BCUT2D eigenvalue weighted by atomic mass is 10.1. The highest BCUT2D eigenvalue weighted by atomic mass is 16.2. The Balaban J connectivity index is 1.85. The maximum atomic E-state index is 13.7. The molecule has 0 saturated carbocycles. The molecule has 0 saturated heterocycles. The van der Waals surface area contributed by atoms with Crippen molar-refractivity contribution in [2.75, 3.05) is 10.6 Å². The van der Waals surface area contributed by atoms with Crippen molar-refractivity contribution in [2.45, 2.75) is 26.3 Å². The van der Waals surface area contributed by atoms with E-state index >= 15 is 0 Å². The van der Waals surface area contributed by atoms with Crippen molar-refractivity contribution < 1.29 is 9.59 Å². The number of nitrogens with one attached hydrogen (secondary N) is 2. The largest absolute Gasteiger partial charge is 0.325 e. The summed E-state index contributed by atoms with van der Waals surface area (Å²) in [5.74, 6) is -0.489. The summed E-state index contributed by atoms with van der Waals surface area (Å²) in [7, 11) is 0. The summed E-state index contributed by atoms with van der Waals surface area (Å²) in [5, 5.41) is 5.69. The number of hydrogen-bond donors (Lipinski definition) is 2. The molecule has 4 rings (SSSR count). The Kier molecular flexibility index (Phi) is 6.31.